The molecule has 0 aromatic heterocycles. The van der Waals surface area contributed by atoms with E-state index in [0.717, 1.165) is 12.8 Å². The number of rotatable bonds is 8. The predicted octanol–water partition coefficient (Wildman–Crippen LogP) is 3.97. The second-order valence-electron chi connectivity index (χ2n) is 5.40. The van der Waals surface area contributed by atoms with Crippen LogP contribution in [0.4, 0.5) is 0 Å². The largest absolute Gasteiger partial charge is 0.496 e. The van der Waals surface area contributed by atoms with Gasteiger partial charge in [-0.3, -0.25) is 4.79 Å². The topological polar surface area (TPSA) is 63.2 Å². The molecule has 0 radical (unpaired) electrons. The molecular formula is C19H24O6. The van der Waals surface area contributed by atoms with Crippen LogP contribution in [0.25, 0.3) is 10.8 Å². The van der Waals surface area contributed by atoms with Gasteiger partial charge in [0.2, 0.25) is 11.5 Å². The molecule has 0 N–H and O–H groups in total. The van der Waals surface area contributed by atoms with Gasteiger partial charge in [0.15, 0.2) is 11.5 Å². The van der Waals surface area contributed by atoms with Crippen molar-refractivity contribution in [3.05, 3.63) is 18.2 Å². The summed E-state index contributed by atoms with van der Waals surface area (Å²) in [4.78, 5) is 11.6. The molecule has 6 heteroatoms. The van der Waals surface area contributed by atoms with Crippen molar-refractivity contribution in [3.63, 3.8) is 0 Å². The molecule has 0 amide bonds. The number of carbonyl (C=O) groups is 1. The average Bonchev–Trinajstić information content (AvgIpc) is 2.61. The fourth-order valence-corrected chi connectivity index (χ4v) is 2.64. The first-order valence-corrected chi connectivity index (χ1v) is 8.14. The van der Waals surface area contributed by atoms with Crippen molar-refractivity contribution in [2.24, 2.45) is 0 Å². The van der Waals surface area contributed by atoms with Crippen LogP contribution in [-0.2, 0) is 4.79 Å². The third-order valence-electron chi connectivity index (χ3n) is 3.73. The van der Waals surface area contributed by atoms with Crippen molar-refractivity contribution >= 4 is 16.7 Å². The van der Waals surface area contributed by atoms with Gasteiger partial charge in [-0.05, 0) is 12.5 Å². The Morgan fingerprint density at radius 2 is 1.64 bits per heavy atom. The molecule has 136 valence electrons. The lowest BCUT2D eigenvalue weighted by molar-refractivity contribution is -0.131. The van der Waals surface area contributed by atoms with Crippen molar-refractivity contribution in [1.82, 2.24) is 0 Å². The number of esters is 1. The lowest BCUT2D eigenvalue weighted by Gasteiger charge is -2.21. The van der Waals surface area contributed by atoms with Gasteiger partial charge in [0.05, 0.1) is 33.3 Å². The van der Waals surface area contributed by atoms with Gasteiger partial charge in [-0.1, -0.05) is 25.5 Å². The van der Waals surface area contributed by atoms with E-state index in [1.807, 2.05) is 18.2 Å². The molecule has 0 bridgehead atoms. The SMILES string of the molecule is CCCCOc1c(OC)c(OC)c(OC(C)=O)c2cccc(OC)c12. The number of fused-ring (bicyclic) bond motifs is 1. The highest BCUT2D eigenvalue weighted by Crippen LogP contribution is 2.53. The van der Waals surface area contributed by atoms with Crippen molar-refractivity contribution < 1.29 is 28.5 Å². The van der Waals surface area contributed by atoms with Crippen molar-refractivity contribution in [2.45, 2.75) is 26.7 Å². The van der Waals surface area contributed by atoms with Crippen molar-refractivity contribution in [3.8, 4) is 28.7 Å². The Labute approximate surface area is 147 Å². The van der Waals surface area contributed by atoms with E-state index < -0.39 is 5.97 Å². The van der Waals surface area contributed by atoms with Crippen LogP contribution < -0.4 is 23.7 Å². The molecule has 2 aromatic carbocycles. The summed E-state index contributed by atoms with van der Waals surface area (Å²) in [5.74, 6) is 1.61. The lowest BCUT2D eigenvalue weighted by atomic mass is 10.1. The summed E-state index contributed by atoms with van der Waals surface area (Å²) >= 11 is 0. The zero-order valence-electron chi connectivity index (χ0n) is 15.3. The zero-order chi connectivity index (χ0) is 18.4. The minimum atomic E-state index is -0.455. The van der Waals surface area contributed by atoms with Crippen LogP contribution in [0.15, 0.2) is 18.2 Å². The molecule has 6 nitrogen and oxygen atoms in total. The number of ether oxygens (including phenoxy) is 5. The second kappa shape index (κ2) is 8.46. The van der Waals surface area contributed by atoms with Crippen molar-refractivity contribution in [2.75, 3.05) is 27.9 Å². The van der Waals surface area contributed by atoms with E-state index in [-0.39, 0.29) is 5.75 Å². The highest BCUT2D eigenvalue weighted by Gasteiger charge is 2.26. The number of carbonyl (C=O) groups excluding carboxylic acids is 1. The number of unbranched alkanes of at least 4 members (excludes halogenated alkanes) is 1. The molecule has 0 fully saturated rings. The summed E-state index contributed by atoms with van der Waals surface area (Å²) in [5, 5.41) is 1.33. The number of benzene rings is 2. The minimum absolute atomic E-state index is 0.281. The van der Waals surface area contributed by atoms with Crippen LogP contribution in [0.2, 0.25) is 0 Å². The molecule has 0 saturated heterocycles. The third kappa shape index (κ3) is 3.73. The molecule has 0 aliphatic carbocycles. The summed E-state index contributed by atoms with van der Waals surface area (Å²) in [5.41, 5.74) is 0. The normalized spacial score (nSPS) is 10.4. The molecule has 0 saturated carbocycles. The van der Waals surface area contributed by atoms with E-state index in [1.165, 1.54) is 21.1 Å². The second-order valence-corrected chi connectivity index (χ2v) is 5.40. The van der Waals surface area contributed by atoms with E-state index in [9.17, 15) is 4.79 Å². The van der Waals surface area contributed by atoms with Crippen LogP contribution in [-0.4, -0.2) is 33.9 Å². The van der Waals surface area contributed by atoms with Gasteiger partial charge in [0, 0.05) is 12.3 Å². The summed E-state index contributed by atoms with van der Waals surface area (Å²) in [7, 11) is 4.59. The Balaban J connectivity index is 2.84. The molecule has 2 rings (SSSR count). The van der Waals surface area contributed by atoms with Gasteiger partial charge in [-0.15, -0.1) is 0 Å². The minimum Gasteiger partial charge on any atom is -0.496 e. The molecule has 25 heavy (non-hydrogen) atoms. The molecule has 2 aromatic rings. The van der Waals surface area contributed by atoms with Crippen LogP contribution in [0, 0.1) is 0 Å². The smallest absolute Gasteiger partial charge is 0.308 e. The van der Waals surface area contributed by atoms with E-state index >= 15 is 0 Å². The molecule has 0 heterocycles. The standard InChI is InChI=1S/C19H24O6/c1-6-7-11-24-17-15-13(9-8-10-14(15)21-3)16(25-12(2)20)18(22-4)19(17)23-5/h8-10H,6-7,11H2,1-5H3. The van der Waals surface area contributed by atoms with Gasteiger partial charge in [-0.2, -0.15) is 0 Å². The van der Waals surface area contributed by atoms with Gasteiger partial charge < -0.3 is 23.7 Å². The Morgan fingerprint density at radius 3 is 2.20 bits per heavy atom. The first-order valence-electron chi connectivity index (χ1n) is 8.14. The van der Waals surface area contributed by atoms with Gasteiger partial charge in [0.25, 0.3) is 0 Å². The quantitative estimate of drug-likeness (QED) is 0.409. The van der Waals surface area contributed by atoms with Crippen molar-refractivity contribution in [1.29, 1.82) is 0 Å². The van der Waals surface area contributed by atoms with E-state index in [1.54, 1.807) is 7.11 Å². The Hall–Kier alpha value is -2.63. The summed E-state index contributed by atoms with van der Waals surface area (Å²) in [6.07, 6.45) is 1.90. The van der Waals surface area contributed by atoms with Gasteiger partial charge in [-0.25, -0.2) is 0 Å². The van der Waals surface area contributed by atoms with Crippen LogP contribution in [0.3, 0.4) is 0 Å². The maximum absolute atomic E-state index is 11.6. The molecule has 0 aliphatic heterocycles. The van der Waals surface area contributed by atoms with Gasteiger partial charge >= 0.3 is 5.97 Å². The van der Waals surface area contributed by atoms with Crippen LogP contribution >= 0.6 is 0 Å². The lowest BCUT2D eigenvalue weighted by Crippen LogP contribution is -2.07. The average molecular weight is 348 g/mol. The van der Waals surface area contributed by atoms with Gasteiger partial charge in [0.1, 0.15) is 5.75 Å². The summed E-state index contributed by atoms with van der Waals surface area (Å²) in [6.45, 7) is 3.95. The molecular weight excluding hydrogens is 324 g/mol. The molecule has 0 unspecified atom stereocenters. The zero-order valence-corrected chi connectivity index (χ0v) is 15.3. The first kappa shape index (κ1) is 18.7. The maximum Gasteiger partial charge on any atom is 0.308 e. The highest BCUT2D eigenvalue weighted by atomic mass is 16.6. The Kier molecular flexibility index (Phi) is 6.33. The van der Waals surface area contributed by atoms with Crippen LogP contribution in [0.1, 0.15) is 26.7 Å². The molecule has 0 atom stereocenters. The molecule has 0 aliphatic rings. The summed E-state index contributed by atoms with van der Waals surface area (Å²) < 4.78 is 27.9. The monoisotopic (exact) mass is 348 g/mol. The fraction of sp³-hybridized carbons (Fsp3) is 0.421. The Morgan fingerprint density at radius 1 is 0.960 bits per heavy atom. The number of hydrogen-bond donors (Lipinski definition) is 0. The predicted molar refractivity (Wildman–Crippen MR) is 95.3 cm³/mol. The highest BCUT2D eigenvalue weighted by molar-refractivity contribution is 6.03. The Bertz CT molecular complexity index is 753. The summed E-state index contributed by atoms with van der Waals surface area (Å²) in [6, 6.07) is 5.46. The fourth-order valence-electron chi connectivity index (χ4n) is 2.64. The van der Waals surface area contributed by atoms with E-state index in [4.69, 9.17) is 23.7 Å². The third-order valence-corrected chi connectivity index (χ3v) is 3.73. The van der Waals surface area contributed by atoms with E-state index in [0.29, 0.717) is 40.4 Å². The number of methoxy groups -OCH3 is 3. The number of hydrogen-bond acceptors (Lipinski definition) is 6. The molecule has 0 spiro atoms. The van der Waals surface area contributed by atoms with E-state index in [2.05, 4.69) is 6.92 Å². The maximum atomic E-state index is 11.6. The first-order chi connectivity index (χ1) is 12.1. The van der Waals surface area contributed by atoms with Crippen LogP contribution in [0.5, 0.6) is 28.7 Å².